The monoisotopic (exact) mass is 799 g/mol. The van der Waals surface area contributed by atoms with Crippen LogP contribution in [0, 0.1) is 0 Å². The number of thiophene rings is 1. The lowest BCUT2D eigenvalue weighted by Gasteiger charge is -2.48. The van der Waals surface area contributed by atoms with Crippen molar-refractivity contribution in [2.45, 2.75) is 121 Å². The molecule has 0 unspecified atom stereocenters. The molecule has 7 aromatic rings. The third-order valence-corrected chi connectivity index (χ3v) is 16.5. The highest BCUT2D eigenvalue weighted by atomic mass is 32.1. The fourth-order valence-corrected chi connectivity index (χ4v) is 14.8. The van der Waals surface area contributed by atoms with Gasteiger partial charge in [-0.3, -0.25) is 0 Å². The van der Waals surface area contributed by atoms with Crippen LogP contribution in [0.3, 0.4) is 0 Å². The number of rotatable bonds is 3. The molecule has 300 valence electrons. The number of nitrogens with zero attached hydrogens (tertiary/aromatic N) is 1. The van der Waals surface area contributed by atoms with Crippen LogP contribution in [-0.2, 0) is 32.5 Å². The van der Waals surface area contributed by atoms with Crippen LogP contribution in [0.5, 0.6) is 0 Å². The quantitative estimate of drug-likeness (QED) is 0.161. The standard InChI is InChI=1S/C57H58BNS/c1-52(2,3)37-28-29-47-38(30-37)48-51(60-47)58-43-31-41-42(55(8,9)33-54(41,6)7)32-46(43)59(44-26-18-24-39-49(44)56(10,11)34-53(39,4)5)45-27-19-25-40(50(45)58)57(48,35-20-14-12-15-21-35)36-22-16-13-17-23-36/h12-32H,33-34H2,1-11H3. The molecule has 60 heavy (non-hydrogen) atoms. The number of benzene rings is 6. The van der Waals surface area contributed by atoms with Crippen molar-refractivity contribution in [3.05, 3.63) is 177 Å². The van der Waals surface area contributed by atoms with Crippen molar-refractivity contribution in [3.63, 3.8) is 0 Å². The van der Waals surface area contributed by atoms with Crippen LogP contribution in [0.4, 0.5) is 17.1 Å². The van der Waals surface area contributed by atoms with Crippen molar-refractivity contribution in [1.29, 1.82) is 0 Å². The van der Waals surface area contributed by atoms with Gasteiger partial charge >= 0.3 is 0 Å². The van der Waals surface area contributed by atoms with Gasteiger partial charge < -0.3 is 4.90 Å². The maximum absolute atomic E-state index is 2.74. The molecule has 0 N–H and O–H groups in total. The Bertz CT molecular complexity index is 2880. The van der Waals surface area contributed by atoms with Gasteiger partial charge in [0.1, 0.15) is 0 Å². The Hall–Kier alpha value is -4.86. The third-order valence-electron chi connectivity index (χ3n) is 15.3. The van der Waals surface area contributed by atoms with E-state index in [1.807, 2.05) is 11.3 Å². The van der Waals surface area contributed by atoms with Crippen LogP contribution in [0.15, 0.2) is 127 Å². The molecule has 6 aromatic carbocycles. The summed E-state index contributed by atoms with van der Waals surface area (Å²) < 4.78 is 2.86. The summed E-state index contributed by atoms with van der Waals surface area (Å²) in [6.45, 7) is 26.9. The highest BCUT2D eigenvalue weighted by molar-refractivity contribution is 7.33. The summed E-state index contributed by atoms with van der Waals surface area (Å²) in [5, 5.41) is 1.39. The van der Waals surface area contributed by atoms with Crippen LogP contribution in [0.1, 0.15) is 139 Å². The fourth-order valence-electron chi connectivity index (χ4n) is 13.4. The van der Waals surface area contributed by atoms with Gasteiger partial charge in [0, 0.05) is 16.1 Å². The largest absolute Gasteiger partial charge is 0.311 e. The molecule has 0 spiro atoms. The van der Waals surface area contributed by atoms with E-state index in [9.17, 15) is 0 Å². The minimum atomic E-state index is -0.546. The summed E-state index contributed by atoms with van der Waals surface area (Å²) in [6.07, 6.45) is 2.26. The molecular formula is C57H58BNS. The van der Waals surface area contributed by atoms with E-state index in [0.29, 0.717) is 0 Å². The van der Waals surface area contributed by atoms with Gasteiger partial charge in [-0.2, -0.15) is 0 Å². The van der Waals surface area contributed by atoms with Gasteiger partial charge in [0.05, 0.1) is 11.1 Å². The zero-order valence-electron chi connectivity index (χ0n) is 37.5. The topological polar surface area (TPSA) is 3.24 Å². The first-order valence-corrected chi connectivity index (χ1v) is 23.1. The van der Waals surface area contributed by atoms with Crippen LogP contribution < -0.4 is 20.6 Å². The van der Waals surface area contributed by atoms with E-state index < -0.39 is 5.41 Å². The summed E-state index contributed by atoms with van der Waals surface area (Å²) in [6, 6.07) is 50.2. The molecule has 11 rings (SSSR count). The van der Waals surface area contributed by atoms with E-state index in [4.69, 9.17) is 0 Å². The second kappa shape index (κ2) is 12.2. The summed E-state index contributed by atoms with van der Waals surface area (Å²) in [5.41, 5.74) is 19.5. The first-order valence-electron chi connectivity index (χ1n) is 22.3. The third kappa shape index (κ3) is 4.99. The van der Waals surface area contributed by atoms with E-state index in [0.717, 1.165) is 12.8 Å². The van der Waals surface area contributed by atoms with Crippen molar-refractivity contribution >= 4 is 60.9 Å². The number of fused-ring (bicyclic) bond motifs is 8. The Balaban J connectivity index is 1.34. The number of hydrogen-bond donors (Lipinski definition) is 0. The Kier molecular flexibility index (Phi) is 7.72. The summed E-state index contributed by atoms with van der Waals surface area (Å²) in [4.78, 5) is 2.74. The van der Waals surface area contributed by atoms with Crippen molar-refractivity contribution in [2.24, 2.45) is 0 Å². The Morgan fingerprint density at radius 2 is 1.08 bits per heavy atom. The molecule has 1 aromatic heterocycles. The molecule has 3 heterocycles. The lowest BCUT2D eigenvalue weighted by atomic mass is 9.31. The highest BCUT2D eigenvalue weighted by Crippen LogP contribution is 2.58. The summed E-state index contributed by atoms with van der Waals surface area (Å²) >= 11 is 2.04. The Labute approximate surface area is 363 Å². The van der Waals surface area contributed by atoms with Gasteiger partial charge in [-0.25, -0.2) is 0 Å². The molecule has 2 aliphatic carbocycles. The van der Waals surface area contributed by atoms with Crippen LogP contribution in [-0.4, -0.2) is 6.71 Å². The first-order chi connectivity index (χ1) is 28.4. The molecular weight excluding hydrogens is 742 g/mol. The summed E-state index contributed by atoms with van der Waals surface area (Å²) in [5.74, 6) is 0. The molecule has 0 atom stereocenters. The van der Waals surface area contributed by atoms with E-state index in [1.54, 1.807) is 0 Å². The van der Waals surface area contributed by atoms with Gasteiger partial charge in [-0.15, -0.1) is 11.3 Å². The van der Waals surface area contributed by atoms with Gasteiger partial charge in [-0.1, -0.05) is 173 Å². The molecule has 0 amide bonds. The van der Waals surface area contributed by atoms with Crippen molar-refractivity contribution in [2.75, 3.05) is 4.90 Å². The molecule has 2 aliphatic heterocycles. The molecule has 4 aliphatic rings. The van der Waals surface area contributed by atoms with Gasteiger partial charge in [0.2, 0.25) is 0 Å². The van der Waals surface area contributed by atoms with E-state index in [-0.39, 0.29) is 33.8 Å². The molecule has 0 saturated carbocycles. The SMILES string of the molecule is CC(C)(C)c1ccc2sc3c(c2c1)C(c1ccccc1)(c1ccccc1)c1cccc2c1B3c1cc3c(cc1N2c1cccc2c1C(C)(C)CC2(C)C)C(C)(C)CC3(C)C. The Morgan fingerprint density at radius 3 is 1.72 bits per heavy atom. The van der Waals surface area contributed by atoms with Crippen molar-refractivity contribution < 1.29 is 0 Å². The average molecular weight is 800 g/mol. The normalized spacial score (nSPS) is 19.4. The van der Waals surface area contributed by atoms with E-state index in [2.05, 4.69) is 208 Å². The van der Waals surface area contributed by atoms with Gasteiger partial charge in [-0.05, 0) is 141 Å². The van der Waals surface area contributed by atoms with E-state index in [1.165, 1.54) is 92.9 Å². The molecule has 0 saturated heterocycles. The number of hydrogen-bond acceptors (Lipinski definition) is 2. The van der Waals surface area contributed by atoms with Crippen LogP contribution in [0.2, 0.25) is 0 Å². The molecule has 0 radical (unpaired) electrons. The van der Waals surface area contributed by atoms with Gasteiger partial charge in [0.15, 0.2) is 0 Å². The smallest absolute Gasteiger partial charge is 0.260 e. The lowest BCUT2D eigenvalue weighted by Crippen LogP contribution is -2.64. The average Bonchev–Trinajstić information content (AvgIpc) is 3.74. The Morgan fingerprint density at radius 1 is 0.517 bits per heavy atom. The first kappa shape index (κ1) is 38.1. The minimum Gasteiger partial charge on any atom is -0.311 e. The lowest BCUT2D eigenvalue weighted by molar-refractivity contribution is 0.402. The predicted molar refractivity (Wildman–Crippen MR) is 260 cm³/mol. The summed E-state index contributed by atoms with van der Waals surface area (Å²) in [7, 11) is 0. The second-order valence-corrected chi connectivity index (χ2v) is 23.4. The zero-order valence-corrected chi connectivity index (χ0v) is 38.3. The van der Waals surface area contributed by atoms with Crippen molar-refractivity contribution in [3.8, 4) is 0 Å². The highest BCUT2D eigenvalue weighted by Gasteiger charge is 2.55. The van der Waals surface area contributed by atoms with Gasteiger partial charge in [0.25, 0.3) is 6.71 Å². The maximum atomic E-state index is 2.74. The van der Waals surface area contributed by atoms with E-state index >= 15 is 0 Å². The fraction of sp³-hybridized carbons (Fsp3) is 0.333. The molecule has 3 heteroatoms. The number of anilines is 3. The maximum Gasteiger partial charge on any atom is 0.260 e. The second-order valence-electron chi connectivity index (χ2n) is 22.3. The molecule has 1 nitrogen and oxygen atoms in total. The molecule has 0 fully saturated rings. The zero-order chi connectivity index (χ0) is 41.9. The van der Waals surface area contributed by atoms with Crippen LogP contribution >= 0.6 is 11.3 Å². The van der Waals surface area contributed by atoms with Crippen LogP contribution in [0.25, 0.3) is 10.1 Å². The molecule has 0 bridgehead atoms. The predicted octanol–water partition coefficient (Wildman–Crippen LogP) is 13.1. The van der Waals surface area contributed by atoms with Crippen molar-refractivity contribution in [1.82, 2.24) is 0 Å². The minimum absolute atomic E-state index is 0.0140.